The fourth-order valence-corrected chi connectivity index (χ4v) is 3.05. The van der Waals surface area contributed by atoms with Crippen molar-refractivity contribution in [2.45, 2.75) is 13.3 Å². The van der Waals surface area contributed by atoms with Crippen molar-refractivity contribution in [3.05, 3.63) is 69.6 Å². The fraction of sp³-hybridized carbons (Fsp3) is 0.111. The molecule has 2 bridgehead atoms. The van der Waals surface area contributed by atoms with Crippen LogP contribution in [0.2, 0.25) is 0 Å². The smallest absolute Gasteiger partial charge is 0.00134 e. The Morgan fingerprint density at radius 3 is 2.78 bits per heavy atom. The Hall–Kier alpha value is -2.08. The van der Waals surface area contributed by atoms with E-state index >= 15 is 0 Å². The molecule has 0 fully saturated rings. The predicted molar refractivity (Wildman–Crippen MR) is 77.8 cm³/mol. The first-order valence-corrected chi connectivity index (χ1v) is 6.43. The molecule has 0 aromatic heterocycles. The lowest BCUT2D eigenvalue weighted by Gasteiger charge is -2.08. The third-order valence-corrected chi connectivity index (χ3v) is 4.02. The van der Waals surface area contributed by atoms with E-state index in [1.54, 1.807) is 0 Å². The lowest BCUT2D eigenvalue weighted by atomic mass is 9.96. The number of hydrogen-bond donors (Lipinski definition) is 0. The first kappa shape index (κ1) is 9.90. The number of hydrogen-bond acceptors (Lipinski definition) is 0. The zero-order valence-corrected chi connectivity index (χ0v) is 10.4. The van der Waals surface area contributed by atoms with Crippen LogP contribution in [0.3, 0.4) is 0 Å². The summed E-state index contributed by atoms with van der Waals surface area (Å²) < 4.78 is 0. The number of rotatable bonds is 0. The molecule has 2 aromatic rings. The van der Waals surface area contributed by atoms with Crippen LogP contribution in [0.5, 0.6) is 0 Å². The van der Waals surface area contributed by atoms with Crippen LogP contribution in [0.4, 0.5) is 0 Å². The Kier molecular flexibility index (Phi) is 1.90. The molecule has 0 atom stereocenters. The quantitative estimate of drug-likeness (QED) is 0.653. The SMILES string of the molecule is Cc1ccc2ccc3c4c2c1=CC=C(C=CC=3)C4. The minimum atomic E-state index is 1.05. The molecule has 0 spiro atoms. The van der Waals surface area contributed by atoms with E-state index in [0.29, 0.717) is 0 Å². The molecule has 18 heavy (non-hydrogen) atoms. The number of fused-ring (bicyclic) bond motifs is 1. The average Bonchev–Trinajstić information content (AvgIpc) is 2.70. The second-order valence-electron chi connectivity index (χ2n) is 5.14. The third kappa shape index (κ3) is 1.26. The lowest BCUT2D eigenvalue weighted by molar-refractivity contribution is 1.21. The zero-order valence-electron chi connectivity index (χ0n) is 10.4. The van der Waals surface area contributed by atoms with Gasteiger partial charge >= 0.3 is 0 Å². The van der Waals surface area contributed by atoms with Gasteiger partial charge in [-0.25, -0.2) is 0 Å². The second kappa shape index (κ2) is 3.46. The topological polar surface area (TPSA) is 0 Å². The molecule has 0 saturated heterocycles. The number of allylic oxidation sites excluding steroid dienone is 4. The van der Waals surface area contributed by atoms with Gasteiger partial charge in [-0.05, 0) is 51.3 Å². The van der Waals surface area contributed by atoms with E-state index in [0.717, 1.165) is 6.42 Å². The molecular formula is C18H14. The van der Waals surface area contributed by atoms with Gasteiger partial charge in [0.25, 0.3) is 0 Å². The van der Waals surface area contributed by atoms with Crippen molar-refractivity contribution in [3.8, 4) is 0 Å². The summed E-state index contributed by atoms with van der Waals surface area (Å²) in [5.74, 6) is 0. The predicted octanol–water partition coefficient (Wildman–Crippen LogP) is 2.76. The van der Waals surface area contributed by atoms with E-state index in [9.17, 15) is 0 Å². The molecule has 0 heterocycles. The Morgan fingerprint density at radius 2 is 1.83 bits per heavy atom. The van der Waals surface area contributed by atoms with Gasteiger partial charge in [0, 0.05) is 0 Å². The molecule has 0 unspecified atom stereocenters. The van der Waals surface area contributed by atoms with E-state index in [-0.39, 0.29) is 0 Å². The van der Waals surface area contributed by atoms with Crippen LogP contribution < -0.4 is 10.4 Å². The normalized spacial score (nSPS) is 15.7. The van der Waals surface area contributed by atoms with E-state index in [2.05, 4.69) is 61.6 Å². The maximum absolute atomic E-state index is 2.28. The molecule has 0 nitrogen and oxygen atoms in total. The van der Waals surface area contributed by atoms with Crippen LogP contribution in [-0.2, 0) is 6.42 Å². The maximum Gasteiger partial charge on any atom is -0.00134 e. The van der Waals surface area contributed by atoms with Gasteiger partial charge in [-0.15, -0.1) is 0 Å². The van der Waals surface area contributed by atoms with Gasteiger partial charge in [0.05, 0.1) is 0 Å². The van der Waals surface area contributed by atoms with Crippen LogP contribution in [0.25, 0.3) is 22.9 Å². The molecule has 0 aliphatic heterocycles. The van der Waals surface area contributed by atoms with E-state index in [1.165, 1.54) is 37.9 Å². The van der Waals surface area contributed by atoms with Crippen LogP contribution >= 0.6 is 0 Å². The summed E-state index contributed by atoms with van der Waals surface area (Å²) in [5, 5.41) is 5.56. The van der Waals surface area contributed by atoms with Gasteiger partial charge in [-0.1, -0.05) is 54.6 Å². The first-order valence-electron chi connectivity index (χ1n) is 6.43. The Bertz CT molecular complexity index is 846. The fourth-order valence-electron chi connectivity index (χ4n) is 3.05. The second-order valence-corrected chi connectivity index (χ2v) is 5.14. The van der Waals surface area contributed by atoms with Crippen molar-refractivity contribution in [3.63, 3.8) is 0 Å². The van der Waals surface area contributed by atoms with Crippen molar-refractivity contribution in [1.29, 1.82) is 0 Å². The van der Waals surface area contributed by atoms with Crippen LogP contribution in [0.15, 0.2) is 48.1 Å². The Labute approximate surface area is 106 Å². The highest BCUT2D eigenvalue weighted by atomic mass is 14.1. The van der Waals surface area contributed by atoms with Gasteiger partial charge in [-0.2, -0.15) is 0 Å². The average molecular weight is 230 g/mol. The minimum absolute atomic E-state index is 1.05. The third-order valence-electron chi connectivity index (χ3n) is 4.02. The molecule has 0 N–H and O–H groups in total. The summed E-state index contributed by atoms with van der Waals surface area (Å²) in [7, 11) is 0. The van der Waals surface area contributed by atoms with Crippen molar-refractivity contribution in [2.75, 3.05) is 0 Å². The molecule has 0 heteroatoms. The molecule has 2 aliphatic carbocycles. The van der Waals surface area contributed by atoms with Crippen molar-refractivity contribution in [1.82, 2.24) is 0 Å². The highest BCUT2D eigenvalue weighted by Gasteiger charge is 2.11. The monoisotopic (exact) mass is 230 g/mol. The zero-order chi connectivity index (χ0) is 12.1. The van der Waals surface area contributed by atoms with Gasteiger partial charge in [0.1, 0.15) is 0 Å². The molecule has 2 aromatic carbocycles. The maximum atomic E-state index is 2.28. The Morgan fingerprint density at radius 1 is 0.944 bits per heavy atom. The van der Waals surface area contributed by atoms with Gasteiger partial charge in [-0.3, -0.25) is 0 Å². The van der Waals surface area contributed by atoms with Gasteiger partial charge < -0.3 is 0 Å². The van der Waals surface area contributed by atoms with Crippen molar-refractivity contribution in [2.24, 2.45) is 0 Å². The summed E-state index contributed by atoms with van der Waals surface area (Å²) in [6.45, 7) is 2.20. The molecule has 2 aliphatic rings. The summed E-state index contributed by atoms with van der Waals surface area (Å²) in [5.41, 5.74) is 4.24. The molecule has 4 rings (SSSR count). The number of benzene rings is 2. The van der Waals surface area contributed by atoms with Crippen molar-refractivity contribution < 1.29 is 0 Å². The summed E-state index contributed by atoms with van der Waals surface area (Å²) in [6, 6.07) is 8.95. The molecular weight excluding hydrogens is 216 g/mol. The van der Waals surface area contributed by atoms with E-state index in [4.69, 9.17) is 0 Å². The summed E-state index contributed by atoms with van der Waals surface area (Å²) in [6.07, 6.45) is 12.2. The molecule has 86 valence electrons. The molecule has 0 amide bonds. The van der Waals surface area contributed by atoms with Gasteiger partial charge in [0.15, 0.2) is 0 Å². The van der Waals surface area contributed by atoms with Crippen molar-refractivity contribution >= 4 is 22.9 Å². The van der Waals surface area contributed by atoms with E-state index < -0.39 is 0 Å². The van der Waals surface area contributed by atoms with E-state index in [1.807, 2.05) is 0 Å². The van der Waals surface area contributed by atoms with Crippen LogP contribution in [-0.4, -0.2) is 0 Å². The first-order chi connectivity index (χ1) is 8.83. The molecule has 0 saturated carbocycles. The Balaban J connectivity index is 2.37. The summed E-state index contributed by atoms with van der Waals surface area (Å²) >= 11 is 0. The largest absolute Gasteiger partial charge is 0.0614 e. The standard InChI is InChI=1S/C18H14/c1-12-5-7-15-9-8-14-4-2-3-13-6-10-16(12)18(15)17(14)11-13/h2-10H,11H2,1H3. The lowest BCUT2D eigenvalue weighted by Crippen LogP contribution is -2.15. The van der Waals surface area contributed by atoms with Gasteiger partial charge in [0.2, 0.25) is 0 Å². The highest BCUT2D eigenvalue weighted by molar-refractivity contribution is 5.90. The minimum Gasteiger partial charge on any atom is -0.0614 e. The summed E-state index contributed by atoms with van der Waals surface area (Å²) in [4.78, 5) is 0. The number of aryl methyl sites for hydroxylation is 1. The van der Waals surface area contributed by atoms with Crippen LogP contribution in [0.1, 0.15) is 11.1 Å². The molecule has 0 radical (unpaired) electrons. The van der Waals surface area contributed by atoms with Crippen LogP contribution in [0, 0.1) is 6.92 Å². The highest BCUT2D eigenvalue weighted by Crippen LogP contribution is 2.20.